The first kappa shape index (κ1) is 10.3. The number of ether oxygens (including phenoxy) is 2. The highest BCUT2D eigenvalue weighted by molar-refractivity contribution is 5.83. The summed E-state index contributed by atoms with van der Waals surface area (Å²) in [5, 5.41) is 0. The summed E-state index contributed by atoms with van der Waals surface area (Å²) in [6, 6.07) is 11.4. The molecule has 0 radical (unpaired) electrons. The molecule has 0 unspecified atom stereocenters. The summed E-state index contributed by atoms with van der Waals surface area (Å²) in [6.45, 7) is 0.271. The van der Waals surface area contributed by atoms with Gasteiger partial charge >= 0.3 is 0 Å². The van der Waals surface area contributed by atoms with E-state index in [0.717, 1.165) is 39.6 Å². The Hall–Kier alpha value is -2.69. The minimum atomic E-state index is 0.271. The molecule has 2 aromatic carbocycles. The maximum atomic E-state index is 5.68. The molecule has 0 saturated heterocycles. The summed E-state index contributed by atoms with van der Waals surface area (Å²) in [6.07, 6.45) is 0. The second kappa shape index (κ2) is 3.65. The Morgan fingerprint density at radius 1 is 1.05 bits per heavy atom. The third kappa shape index (κ3) is 1.59. The van der Waals surface area contributed by atoms with E-state index >= 15 is 0 Å². The number of nitrogens with zero attached hydrogens (tertiary/aromatic N) is 1. The van der Waals surface area contributed by atoms with Crippen molar-refractivity contribution in [2.75, 3.05) is 12.5 Å². The number of benzene rings is 2. The van der Waals surface area contributed by atoms with Crippen molar-refractivity contribution >= 4 is 16.7 Å². The molecule has 1 aliphatic rings. The number of aromatic amines is 1. The third-order valence-corrected chi connectivity index (χ3v) is 3.16. The zero-order valence-electron chi connectivity index (χ0n) is 10.0. The molecule has 3 aromatic rings. The molecule has 2 heterocycles. The van der Waals surface area contributed by atoms with Crippen LogP contribution in [0.2, 0.25) is 0 Å². The molecule has 4 rings (SSSR count). The molecule has 1 aromatic heterocycles. The maximum Gasteiger partial charge on any atom is 0.231 e. The molecule has 0 saturated carbocycles. The van der Waals surface area contributed by atoms with Crippen LogP contribution in [-0.4, -0.2) is 16.8 Å². The van der Waals surface area contributed by atoms with Gasteiger partial charge in [-0.3, -0.25) is 0 Å². The Morgan fingerprint density at radius 2 is 1.79 bits per heavy atom. The van der Waals surface area contributed by atoms with Crippen LogP contribution in [-0.2, 0) is 0 Å². The summed E-state index contributed by atoms with van der Waals surface area (Å²) < 4.78 is 10.7. The van der Waals surface area contributed by atoms with Crippen LogP contribution in [0.4, 0.5) is 5.69 Å². The number of nitrogen functional groups attached to an aromatic ring is 1. The van der Waals surface area contributed by atoms with E-state index < -0.39 is 0 Å². The number of H-pyrrole nitrogens is 1. The van der Waals surface area contributed by atoms with Gasteiger partial charge in [0.25, 0.3) is 0 Å². The number of fused-ring (bicyclic) bond motifs is 2. The van der Waals surface area contributed by atoms with E-state index in [0.29, 0.717) is 0 Å². The first-order valence-electron chi connectivity index (χ1n) is 5.95. The number of hydrogen-bond acceptors (Lipinski definition) is 4. The fraction of sp³-hybridized carbons (Fsp3) is 0.0714. The van der Waals surface area contributed by atoms with Crippen molar-refractivity contribution in [2.45, 2.75) is 0 Å². The van der Waals surface area contributed by atoms with Gasteiger partial charge in [-0.1, -0.05) is 0 Å². The molecule has 19 heavy (non-hydrogen) atoms. The van der Waals surface area contributed by atoms with Gasteiger partial charge in [-0.25, -0.2) is 4.98 Å². The van der Waals surface area contributed by atoms with Gasteiger partial charge in [0.05, 0.1) is 11.0 Å². The molecular formula is C14H11N3O2. The molecular weight excluding hydrogens is 242 g/mol. The van der Waals surface area contributed by atoms with Gasteiger partial charge in [0.15, 0.2) is 11.5 Å². The van der Waals surface area contributed by atoms with Crippen molar-refractivity contribution < 1.29 is 9.47 Å². The van der Waals surface area contributed by atoms with Crippen LogP contribution in [0.3, 0.4) is 0 Å². The predicted molar refractivity (Wildman–Crippen MR) is 72.1 cm³/mol. The van der Waals surface area contributed by atoms with Crippen molar-refractivity contribution in [2.24, 2.45) is 0 Å². The summed E-state index contributed by atoms with van der Waals surface area (Å²) in [5.41, 5.74) is 9.20. The molecule has 5 heteroatoms. The Kier molecular flexibility index (Phi) is 1.97. The largest absolute Gasteiger partial charge is 0.454 e. The van der Waals surface area contributed by atoms with E-state index in [1.54, 1.807) is 0 Å². The minimum Gasteiger partial charge on any atom is -0.454 e. The Balaban J connectivity index is 1.86. The fourth-order valence-electron chi connectivity index (χ4n) is 2.18. The average molecular weight is 253 g/mol. The number of anilines is 1. The topological polar surface area (TPSA) is 73.2 Å². The lowest BCUT2D eigenvalue weighted by molar-refractivity contribution is 0.174. The van der Waals surface area contributed by atoms with E-state index in [1.807, 2.05) is 36.4 Å². The van der Waals surface area contributed by atoms with Gasteiger partial charge in [-0.05, 0) is 24.3 Å². The van der Waals surface area contributed by atoms with Crippen molar-refractivity contribution in [1.82, 2.24) is 9.97 Å². The zero-order chi connectivity index (χ0) is 12.8. The van der Waals surface area contributed by atoms with E-state index in [4.69, 9.17) is 15.2 Å². The van der Waals surface area contributed by atoms with Crippen LogP contribution in [0, 0.1) is 0 Å². The summed E-state index contributed by atoms with van der Waals surface area (Å²) in [7, 11) is 0. The highest BCUT2D eigenvalue weighted by Crippen LogP contribution is 2.36. The average Bonchev–Trinajstić information content (AvgIpc) is 3.01. The summed E-state index contributed by atoms with van der Waals surface area (Å²) >= 11 is 0. The van der Waals surface area contributed by atoms with Gasteiger partial charge < -0.3 is 20.2 Å². The smallest absolute Gasteiger partial charge is 0.231 e. The molecule has 94 valence electrons. The van der Waals surface area contributed by atoms with Gasteiger partial charge in [-0.15, -0.1) is 0 Å². The Bertz CT molecular complexity index is 721. The first-order valence-corrected chi connectivity index (χ1v) is 5.95. The van der Waals surface area contributed by atoms with Crippen LogP contribution in [0.15, 0.2) is 36.4 Å². The van der Waals surface area contributed by atoms with E-state index in [1.165, 1.54) is 0 Å². The van der Waals surface area contributed by atoms with Gasteiger partial charge in [0.1, 0.15) is 5.82 Å². The lowest BCUT2D eigenvalue weighted by atomic mass is 10.2. The Morgan fingerprint density at radius 3 is 2.58 bits per heavy atom. The first-order chi connectivity index (χ1) is 9.29. The molecule has 0 spiro atoms. The quantitative estimate of drug-likeness (QED) is 0.654. The fourth-order valence-corrected chi connectivity index (χ4v) is 2.18. The summed E-state index contributed by atoms with van der Waals surface area (Å²) in [4.78, 5) is 7.83. The third-order valence-electron chi connectivity index (χ3n) is 3.16. The lowest BCUT2D eigenvalue weighted by Gasteiger charge is -1.96. The summed E-state index contributed by atoms with van der Waals surface area (Å²) in [5.74, 6) is 2.29. The Labute approximate surface area is 109 Å². The lowest BCUT2D eigenvalue weighted by Crippen LogP contribution is -1.92. The molecule has 1 aliphatic heterocycles. The van der Waals surface area contributed by atoms with Crippen molar-refractivity contribution in [1.29, 1.82) is 0 Å². The van der Waals surface area contributed by atoms with Gasteiger partial charge in [-0.2, -0.15) is 0 Å². The number of nitrogens with two attached hydrogens (primary N) is 1. The minimum absolute atomic E-state index is 0.271. The predicted octanol–water partition coefficient (Wildman–Crippen LogP) is 2.54. The van der Waals surface area contributed by atoms with Crippen molar-refractivity contribution in [3.05, 3.63) is 36.4 Å². The standard InChI is InChI=1S/C14H11N3O2/c15-9-3-1-8(2-4-9)14-16-10-5-12-13(19-7-18-12)6-11(10)17-14/h1-6H,7,15H2,(H,16,17). The molecule has 0 atom stereocenters. The maximum absolute atomic E-state index is 5.68. The van der Waals surface area contributed by atoms with Crippen LogP contribution >= 0.6 is 0 Å². The van der Waals surface area contributed by atoms with E-state index in [9.17, 15) is 0 Å². The molecule has 0 aliphatic carbocycles. The van der Waals surface area contributed by atoms with Gasteiger partial charge in [0.2, 0.25) is 6.79 Å². The zero-order valence-corrected chi connectivity index (χ0v) is 10.0. The second-order valence-electron chi connectivity index (χ2n) is 4.43. The van der Waals surface area contributed by atoms with Crippen molar-refractivity contribution in [3.8, 4) is 22.9 Å². The molecule has 0 bridgehead atoms. The normalized spacial score (nSPS) is 13.1. The highest BCUT2D eigenvalue weighted by Gasteiger charge is 2.16. The number of rotatable bonds is 1. The molecule has 0 amide bonds. The van der Waals surface area contributed by atoms with Crippen molar-refractivity contribution in [3.63, 3.8) is 0 Å². The van der Waals surface area contributed by atoms with Crippen LogP contribution in [0.25, 0.3) is 22.4 Å². The van der Waals surface area contributed by atoms with Gasteiger partial charge in [0, 0.05) is 23.4 Å². The SMILES string of the molecule is Nc1ccc(-c2nc3cc4c(cc3[nH]2)OCO4)cc1. The number of nitrogens with one attached hydrogen (secondary N) is 1. The van der Waals surface area contributed by atoms with E-state index in [2.05, 4.69) is 9.97 Å². The monoisotopic (exact) mass is 253 g/mol. The molecule has 5 nitrogen and oxygen atoms in total. The highest BCUT2D eigenvalue weighted by atomic mass is 16.7. The number of aromatic nitrogens is 2. The number of imidazole rings is 1. The number of hydrogen-bond donors (Lipinski definition) is 2. The molecule has 3 N–H and O–H groups in total. The van der Waals surface area contributed by atoms with E-state index in [-0.39, 0.29) is 6.79 Å². The second-order valence-corrected chi connectivity index (χ2v) is 4.43. The van der Waals surface area contributed by atoms with Crippen LogP contribution in [0.1, 0.15) is 0 Å². The molecule has 0 fully saturated rings. The van der Waals surface area contributed by atoms with Crippen LogP contribution < -0.4 is 15.2 Å². The van der Waals surface area contributed by atoms with Crippen LogP contribution in [0.5, 0.6) is 11.5 Å².